The van der Waals surface area contributed by atoms with E-state index in [0.29, 0.717) is 36.7 Å². The SMILES string of the molecule is CC(C)c1noc(CCC(=O)N2CCc3ccccc3C2C(=O)O)n1. The van der Waals surface area contributed by atoms with Gasteiger partial charge in [0.05, 0.1) is 0 Å². The molecule has 1 aromatic carbocycles. The number of rotatable bonds is 5. The van der Waals surface area contributed by atoms with Crippen LogP contribution in [0.25, 0.3) is 0 Å². The average molecular weight is 343 g/mol. The topological polar surface area (TPSA) is 96.5 Å². The molecule has 7 nitrogen and oxygen atoms in total. The predicted molar refractivity (Wildman–Crippen MR) is 88.9 cm³/mol. The Morgan fingerprint density at radius 3 is 2.80 bits per heavy atom. The molecule has 1 aromatic heterocycles. The second-order valence-electron chi connectivity index (χ2n) is 6.48. The molecule has 0 spiro atoms. The number of carboxylic acid groups (broad SMARTS) is 1. The zero-order valence-corrected chi connectivity index (χ0v) is 14.3. The maximum Gasteiger partial charge on any atom is 0.331 e. The van der Waals surface area contributed by atoms with Gasteiger partial charge in [-0.25, -0.2) is 4.79 Å². The van der Waals surface area contributed by atoms with E-state index >= 15 is 0 Å². The summed E-state index contributed by atoms with van der Waals surface area (Å²) >= 11 is 0. The number of aliphatic carboxylic acids is 1. The molecule has 1 amide bonds. The summed E-state index contributed by atoms with van der Waals surface area (Å²) in [5.41, 5.74) is 1.67. The fourth-order valence-electron chi connectivity index (χ4n) is 3.06. The zero-order chi connectivity index (χ0) is 18.0. The summed E-state index contributed by atoms with van der Waals surface area (Å²) in [7, 11) is 0. The highest BCUT2D eigenvalue weighted by Gasteiger charge is 2.35. The fourth-order valence-corrected chi connectivity index (χ4v) is 3.06. The van der Waals surface area contributed by atoms with Gasteiger partial charge in [-0.1, -0.05) is 43.3 Å². The lowest BCUT2D eigenvalue weighted by atomic mass is 9.92. The Labute approximate surface area is 145 Å². The van der Waals surface area contributed by atoms with Gasteiger partial charge in [0, 0.05) is 25.3 Å². The molecule has 25 heavy (non-hydrogen) atoms. The molecular formula is C18H21N3O4. The summed E-state index contributed by atoms with van der Waals surface area (Å²) in [4.78, 5) is 30.0. The number of carboxylic acids is 1. The second-order valence-corrected chi connectivity index (χ2v) is 6.48. The number of aryl methyl sites for hydroxylation is 1. The largest absolute Gasteiger partial charge is 0.479 e. The molecule has 7 heteroatoms. The van der Waals surface area contributed by atoms with Crippen LogP contribution in [0.2, 0.25) is 0 Å². The smallest absolute Gasteiger partial charge is 0.331 e. The van der Waals surface area contributed by atoms with E-state index in [9.17, 15) is 14.7 Å². The van der Waals surface area contributed by atoms with E-state index in [4.69, 9.17) is 4.52 Å². The van der Waals surface area contributed by atoms with E-state index in [0.717, 1.165) is 5.56 Å². The van der Waals surface area contributed by atoms with Gasteiger partial charge in [-0.05, 0) is 17.5 Å². The van der Waals surface area contributed by atoms with Gasteiger partial charge in [0.1, 0.15) is 0 Å². The standard InChI is InChI=1S/C18H21N3O4/c1-11(2)17-19-14(25-20-17)7-8-15(22)21-10-9-12-5-3-4-6-13(12)16(21)18(23)24/h3-6,11,16H,7-10H2,1-2H3,(H,23,24). The van der Waals surface area contributed by atoms with E-state index < -0.39 is 12.0 Å². The Hall–Kier alpha value is -2.70. The summed E-state index contributed by atoms with van der Waals surface area (Å²) in [5.74, 6) is -0.0612. The van der Waals surface area contributed by atoms with Crippen molar-refractivity contribution in [2.75, 3.05) is 6.54 Å². The lowest BCUT2D eigenvalue weighted by Crippen LogP contribution is -2.43. The third kappa shape index (κ3) is 3.55. The van der Waals surface area contributed by atoms with Gasteiger partial charge in [-0.3, -0.25) is 4.79 Å². The molecule has 3 rings (SSSR count). The zero-order valence-electron chi connectivity index (χ0n) is 14.3. The average Bonchev–Trinajstić information content (AvgIpc) is 3.07. The third-order valence-electron chi connectivity index (χ3n) is 4.39. The van der Waals surface area contributed by atoms with Gasteiger partial charge >= 0.3 is 5.97 Å². The molecule has 1 aliphatic rings. The Morgan fingerprint density at radius 1 is 1.36 bits per heavy atom. The van der Waals surface area contributed by atoms with Gasteiger partial charge in [-0.2, -0.15) is 4.98 Å². The highest BCUT2D eigenvalue weighted by Crippen LogP contribution is 2.30. The lowest BCUT2D eigenvalue weighted by Gasteiger charge is -2.34. The number of nitrogens with zero attached hydrogens (tertiary/aromatic N) is 3. The van der Waals surface area contributed by atoms with Gasteiger partial charge < -0.3 is 14.5 Å². The van der Waals surface area contributed by atoms with E-state index in [1.165, 1.54) is 4.90 Å². The molecule has 0 saturated heterocycles. The van der Waals surface area contributed by atoms with Crippen molar-refractivity contribution >= 4 is 11.9 Å². The highest BCUT2D eigenvalue weighted by atomic mass is 16.5. The third-order valence-corrected chi connectivity index (χ3v) is 4.39. The van der Waals surface area contributed by atoms with Crippen LogP contribution in [0.1, 0.15) is 55.1 Å². The van der Waals surface area contributed by atoms with Crippen LogP contribution in [0.4, 0.5) is 0 Å². The van der Waals surface area contributed by atoms with Crippen molar-refractivity contribution < 1.29 is 19.2 Å². The Morgan fingerprint density at radius 2 is 2.12 bits per heavy atom. The molecule has 1 N–H and O–H groups in total. The number of hydrogen-bond acceptors (Lipinski definition) is 5. The fraction of sp³-hybridized carbons (Fsp3) is 0.444. The van der Waals surface area contributed by atoms with Crippen molar-refractivity contribution in [3.8, 4) is 0 Å². The molecule has 2 heterocycles. The normalized spacial score (nSPS) is 16.8. The van der Waals surface area contributed by atoms with Crippen molar-refractivity contribution in [2.24, 2.45) is 0 Å². The Balaban J connectivity index is 1.71. The maximum absolute atomic E-state index is 12.6. The van der Waals surface area contributed by atoms with E-state index in [1.54, 1.807) is 12.1 Å². The summed E-state index contributed by atoms with van der Waals surface area (Å²) in [6.07, 6.45) is 1.11. The quantitative estimate of drug-likeness (QED) is 0.895. The molecule has 0 aliphatic carbocycles. The van der Waals surface area contributed by atoms with Crippen LogP contribution in [0, 0.1) is 0 Å². The number of amides is 1. The molecule has 0 saturated carbocycles. The van der Waals surface area contributed by atoms with Gasteiger partial charge in [0.25, 0.3) is 0 Å². The van der Waals surface area contributed by atoms with Crippen LogP contribution in [0.5, 0.6) is 0 Å². The number of benzene rings is 1. The summed E-state index contributed by atoms with van der Waals surface area (Å²) < 4.78 is 5.15. The van der Waals surface area contributed by atoms with Crippen LogP contribution >= 0.6 is 0 Å². The molecule has 0 radical (unpaired) electrons. The number of hydrogen-bond donors (Lipinski definition) is 1. The van der Waals surface area contributed by atoms with Crippen LogP contribution in [-0.2, 0) is 22.4 Å². The van der Waals surface area contributed by atoms with Crippen molar-refractivity contribution in [2.45, 2.75) is 45.1 Å². The Kier molecular flexibility index (Phi) is 4.83. The minimum absolute atomic E-state index is 0.145. The van der Waals surface area contributed by atoms with Gasteiger partial charge in [-0.15, -0.1) is 0 Å². The number of fused-ring (bicyclic) bond motifs is 1. The lowest BCUT2D eigenvalue weighted by molar-refractivity contribution is -0.151. The van der Waals surface area contributed by atoms with Crippen molar-refractivity contribution in [1.29, 1.82) is 0 Å². The first-order valence-electron chi connectivity index (χ1n) is 8.40. The van der Waals surface area contributed by atoms with Crippen LogP contribution in [-0.4, -0.2) is 38.6 Å². The van der Waals surface area contributed by atoms with E-state index in [2.05, 4.69) is 10.1 Å². The molecule has 0 bridgehead atoms. The molecule has 132 valence electrons. The number of carbonyl (C=O) groups excluding carboxylic acids is 1. The molecule has 0 fully saturated rings. The van der Waals surface area contributed by atoms with Crippen LogP contribution in [0.3, 0.4) is 0 Å². The summed E-state index contributed by atoms with van der Waals surface area (Å²) in [5, 5.41) is 13.5. The highest BCUT2D eigenvalue weighted by molar-refractivity contribution is 5.85. The first-order valence-corrected chi connectivity index (χ1v) is 8.40. The maximum atomic E-state index is 12.6. The number of aromatic nitrogens is 2. The van der Waals surface area contributed by atoms with Crippen molar-refractivity contribution in [1.82, 2.24) is 15.0 Å². The van der Waals surface area contributed by atoms with Crippen molar-refractivity contribution in [3.05, 3.63) is 47.1 Å². The van der Waals surface area contributed by atoms with E-state index in [-0.39, 0.29) is 18.2 Å². The molecule has 1 aliphatic heterocycles. The minimum Gasteiger partial charge on any atom is -0.479 e. The van der Waals surface area contributed by atoms with Gasteiger partial charge in [0.2, 0.25) is 11.8 Å². The van der Waals surface area contributed by atoms with Crippen LogP contribution in [0.15, 0.2) is 28.8 Å². The minimum atomic E-state index is -1.01. The second kappa shape index (κ2) is 7.04. The molecule has 1 atom stereocenters. The predicted octanol–water partition coefficient (Wildman–Crippen LogP) is 2.34. The van der Waals surface area contributed by atoms with Crippen LogP contribution < -0.4 is 0 Å². The number of carbonyl (C=O) groups is 2. The monoisotopic (exact) mass is 343 g/mol. The van der Waals surface area contributed by atoms with E-state index in [1.807, 2.05) is 26.0 Å². The molecule has 1 unspecified atom stereocenters. The molecule has 2 aromatic rings. The molecular weight excluding hydrogens is 322 g/mol. The Bertz CT molecular complexity index is 784. The summed E-state index contributed by atoms with van der Waals surface area (Å²) in [6, 6.07) is 6.44. The van der Waals surface area contributed by atoms with Crippen molar-refractivity contribution in [3.63, 3.8) is 0 Å². The first kappa shape index (κ1) is 17.1. The summed E-state index contributed by atoms with van der Waals surface area (Å²) in [6.45, 7) is 4.32. The first-order chi connectivity index (χ1) is 12.0. The van der Waals surface area contributed by atoms with Gasteiger partial charge in [0.15, 0.2) is 11.9 Å².